The smallest absolute Gasteiger partial charge is 0.404 e. The third kappa shape index (κ3) is 2.61. The van der Waals surface area contributed by atoms with Crippen LogP contribution >= 0.6 is 0 Å². The number of hydrogen-bond donors (Lipinski definition) is 3. The summed E-state index contributed by atoms with van der Waals surface area (Å²) in [7, 11) is 0. The highest BCUT2D eigenvalue weighted by molar-refractivity contribution is 5.65. The summed E-state index contributed by atoms with van der Waals surface area (Å²) in [6, 6.07) is 0.278. The van der Waals surface area contributed by atoms with Gasteiger partial charge in [-0.3, -0.25) is 0 Å². The Morgan fingerprint density at radius 3 is 2.29 bits per heavy atom. The van der Waals surface area contributed by atoms with E-state index in [4.69, 9.17) is 10.8 Å². The van der Waals surface area contributed by atoms with Gasteiger partial charge in [-0.2, -0.15) is 0 Å². The molecule has 1 aliphatic carbocycles. The first kappa shape index (κ1) is 11.3. The van der Waals surface area contributed by atoms with Crippen LogP contribution in [-0.2, 0) is 0 Å². The molecule has 0 saturated heterocycles. The molecule has 1 fully saturated rings. The van der Waals surface area contributed by atoms with Gasteiger partial charge in [-0.15, -0.1) is 0 Å². The third-order valence-corrected chi connectivity index (χ3v) is 2.89. The average molecular weight is 200 g/mol. The minimum absolute atomic E-state index is 0.0137. The topological polar surface area (TPSA) is 75.3 Å². The number of carbonyl (C=O) groups is 1. The van der Waals surface area contributed by atoms with Gasteiger partial charge < -0.3 is 16.2 Å². The van der Waals surface area contributed by atoms with Crippen molar-refractivity contribution in [3.05, 3.63) is 0 Å². The molecule has 0 radical (unpaired) electrons. The van der Waals surface area contributed by atoms with Crippen LogP contribution in [0.4, 0.5) is 4.79 Å². The summed E-state index contributed by atoms with van der Waals surface area (Å²) in [5.74, 6) is 0.404. The molecule has 4 heteroatoms. The van der Waals surface area contributed by atoms with Crippen molar-refractivity contribution < 1.29 is 9.90 Å². The Kier molecular flexibility index (Phi) is 3.04. The highest BCUT2D eigenvalue weighted by atomic mass is 16.4. The molecule has 1 aliphatic rings. The Morgan fingerprint density at radius 2 is 2.00 bits per heavy atom. The maximum Gasteiger partial charge on any atom is 0.404 e. The van der Waals surface area contributed by atoms with Crippen molar-refractivity contribution in [2.45, 2.75) is 45.7 Å². The Morgan fingerprint density at radius 1 is 1.50 bits per heavy atom. The second kappa shape index (κ2) is 3.77. The molecule has 0 aliphatic heterocycles. The van der Waals surface area contributed by atoms with Gasteiger partial charge in [-0.1, -0.05) is 20.8 Å². The van der Waals surface area contributed by atoms with Gasteiger partial charge in [0.2, 0.25) is 0 Å². The van der Waals surface area contributed by atoms with E-state index in [0.717, 1.165) is 12.8 Å². The van der Waals surface area contributed by atoms with Crippen LogP contribution in [0.3, 0.4) is 0 Å². The highest BCUT2D eigenvalue weighted by Gasteiger charge is 2.39. The first-order chi connectivity index (χ1) is 6.30. The van der Waals surface area contributed by atoms with Crippen molar-refractivity contribution in [2.75, 3.05) is 0 Å². The highest BCUT2D eigenvalue weighted by Crippen LogP contribution is 2.36. The summed E-state index contributed by atoms with van der Waals surface area (Å²) in [5, 5.41) is 11.3. The van der Waals surface area contributed by atoms with E-state index in [1.54, 1.807) is 0 Å². The predicted molar refractivity (Wildman–Crippen MR) is 55.1 cm³/mol. The zero-order valence-corrected chi connectivity index (χ0v) is 9.08. The lowest BCUT2D eigenvalue weighted by molar-refractivity contribution is 0.106. The Balaban J connectivity index is 2.58. The molecule has 0 aromatic rings. The van der Waals surface area contributed by atoms with E-state index >= 15 is 0 Å². The molecular weight excluding hydrogens is 180 g/mol. The van der Waals surface area contributed by atoms with Crippen molar-refractivity contribution in [3.63, 3.8) is 0 Å². The molecule has 0 aromatic heterocycles. The molecule has 1 rings (SSSR count). The summed E-state index contributed by atoms with van der Waals surface area (Å²) in [6.07, 6.45) is 0.926. The van der Waals surface area contributed by atoms with Gasteiger partial charge in [0.05, 0.1) is 0 Å². The molecule has 4 N–H and O–H groups in total. The van der Waals surface area contributed by atoms with Gasteiger partial charge >= 0.3 is 6.09 Å². The van der Waals surface area contributed by atoms with E-state index in [2.05, 4.69) is 26.1 Å². The van der Waals surface area contributed by atoms with Crippen LogP contribution in [0.25, 0.3) is 0 Å². The maximum absolute atomic E-state index is 10.6. The van der Waals surface area contributed by atoms with E-state index in [-0.39, 0.29) is 17.5 Å². The second-order valence-electron chi connectivity index (χ2n) is 5.28. The summed E-state index contributed by atoms with van der Waals surface area (Å²) in [6.45, 7) is 6.16. The summed E-state index contributed by atoms with van der Waals surface area (Å²) >= 11 is 0. The van der Waals surface area contributed by atoms with Gasteiger partial charge in [0.15, 0.2) is 0 Å². The van der Waals surface area contributed by atoms with Crippen molar-refractivity contribution in [1.29, 1.82) is 0 Å². The third-order valence-electron chi connectivity index (χ3n) is 2.89. The first-order valence-corrected chi connectivity index (χ1v) is 5.05. The Bertz CT molecular complexity index is 217. The minimum atomic E-state index is -0.939. The van der Waals surface area contributed by atoms with Gasteiger partial charge in [-0.05, 0) is 24.2 Å². The molecule has 0 aromatic carbocycles. The van der Waals surface area contributed by atoms with E-state index < -0.39 is 6.09 Å². The number of rotatable bonds is 2. The van der Waals surface area contributed by atoms with Crippen LogP contribution < -0.4 is 11.1 Å². The number of carboxylic acid groups (broad SMARTS) is 1. The molecule has 1 amide bonds. The van der Waals surface area contributed by atoms with Crippen molar-refractivity contribution in [2.24, 2.45) is 17.1 Å². The van der Waals surface area contributed by atoms with Gasteiger partial charge in [0.25, 0.3) is 0 Å². The second-order valence-corrected chi connectivity index (χ2v) is 5.28. The number of amides is 1. The summed E-state index contributed by atoms with van der Waals surface area (Å²) in [4.78, 5) is 10.6. The molecule has 0 heterocycles. The zero-order valence-electron chi connectivity index (χ0n) is 9.08. The fourth-order valence-electron chi connectivity index (χ4n) is 2.16. The number of nitrogens with two attached hydrogens (primary N) is 1. The van der Waals surface area contributed by atoms with E-state index in [0.29, 0.717) is 5.92 Å². The first-order valence-electron chi connectivity index (χ1n) is 5.05. The van der Waals surface area contributed by atoms with Crippen LogP contribution in [-0.4, -0.2) is 23.3 Å². The van der Waals surface area contributed by atoms with Crippen LogP contribution in [0.15, 0.2) is 0 Å². The van der Waals surface area contributed by atoms with Crippen molar-refractivity contribution in [3.8, 4) is 0 Å². The average Bonchev–Trinajstić information content (AvgIpc) is 1.92. The largest absolute Gasteiger partial charge is 0.465 e. The lowest BCUT2D eigenvalue weighted by Crippen LogP contribution is -2.54. The maximum atomic E-state index is 10.6. The van der Waals surface area contributed by atoms with Crippen LogP contribution in [0.5, 0.6) is 0 Å². The van der Waals surface area contributed by atoms with E-state index in [1.807, 2.05) is 0 Å². The molecular formula is C10H20N2O2. The fraction of sp³-hybridized carbons (Fsp3) is 0.900. The zero-order chi connectivity index (χ0) is 10.9. The SMILES string of the molecule is CC(C)(C)C(NC(=O)O)[C@H]1C[C@H](N)C1. The molecule has 1 saturated carbocycles. The molecule has 1 atom stereocenters. The van der Waals surface area contributed by atoms with Gasteiger partial charge in [0, 0.05) is 12.1 Å². The molecule has 4 nitrogen and oxygen atoms in total. The van der Waals surface area contributed by atoms with Crippen LogP contribution in [0, 0.1) is 11.3 Å². The lowest BCUT2D eigenvalue weighted by Gasteiger charge is -2.44. The van der Waals surface area contributed by atoms with E-state index in [1.165, 1.54) is 0 Å². The molecule has 14 heavy (non-hydrogen) atoms. The molecule has 0 spiro atoms. The predicted octanol–water partition coefficient (Wildman–Crippen LogP) is 1.41. The fourth-order valence-corrected chi connectivity index (χ4v) is 2.16. The number of nitrogens with one attached hydrogen (secondary N) is 1. The van der Waals surface area contributed by atoms with Crippen molar-refractivity contribution >= 4 is 6.09 Å². The lowest BCUT2D eigenvalue weighted by atomic mass is 9.68. The van der Waals surface area contributed by atoms with Gasteiger partial charge in [0.1, 0.15) is 0 Å². The Labute approximate surface area is 84.9 Å². The van der Waals surface area contributed by atoms with Crippen molar-refractivity contribution in [1.82, 2.24) is 5.32 Å². The molecule has 82 valence electrons. The normalized spacial score (nSPS) is 29.1. The standard InChI is InChI=1S/C10H20N2O2/c1-10(2,3)8(12-9(13)14)6-4-7(11)5-6/h6-8,12H,4-5,11H2,1-3H3,(H,13,14)/t6-,7-,8?. The van der Waals surface area contributed by atoms with E-state index in [9.17, 15) is 4.79 Å². The quantitative estimate of drug-likeness (QED) is 0.630. The van der Waals surface area contributed by atoms with Crippen LogP contribution in [0.1, 0.15) is 33.6 Å². The number of hydrogen-bond acceptors (Lipinski definition) is 2. The molecule has 0 bridgehead atoms. The minimum Gasteiger partial charge on any atom is -0.465 e. The summed E-state index contributed by atoms with van der Waals surface area (Å²) in [5.41, 5.74) is 5.67. The monoisotopic (exact) mass is 200 g/mol. The van der Waals surface area contributed by atoms with Crippen LogP contribution in [0.2, 0.25) is 0 Å². The summed E-state index contributed by atoms with van der Waals surface area (Å²) < 4.78 is 0. The van der Waals surface area contributed by atoms with Gasteiger partial charge in [-0.25, -0.2) is 4.79 Å². The Hall–Kier alpha value is -0.770. The molecule has 1 unspecified atom stereocenters.